The Bertz CT molecular complexity index is 1210. The molecule has 1 aliphatic rings. The lowest BCUT2D eigenvalue weighted by atomic mass is 9.90. The number of ether oxygens (including phenoxy) is 1. The topological polar surface area (TPSA) is 9.23 Å². The summed E-state index contributed by atoms with van der Waals surface area (Å²) in [5, 5.41) is 0. The Balaban J connectivity index is 1.38. The fourth-order valence-corrected chi connectivity index (χ4v) is 5.56. The van der Waals surface area contributed by atoms with E-state index in [0.717, 1.165) is 43.2 Å². The van der Waals surface area contributed by atoms with E-state index in [9.17, 15) is 8.78 Å². The zero-order valence-corrected chi connectivity index (χ0v) is 23.2. The molecule has 0 aliphatic carbocycles. The maximum atomic E-state index is 15.1. The molecule has 0 N–H and O–H groups in total. The van der Waals surface area contributed by atoms with E-state index in [4.69, 9.17) is 4.74 Å². The Hall–Kier alpha value is -2.85. The predicted octanol–water partition coefficient (Wildman–Crippen LogP) is 10.8. The maximum absolute atomic E-state index is 15.1. The van der Waals surface area contributed by atoms with Gasteiger partial charge in [-0.1, -0.05) is 87.2 Å². The molecular weight excluding hydrogens is 493 g/mol. The van der Waals surface area contributed by atoms with Crippen LogP contribution < -0.4 is 0 Å². The van der Waals surface area contributed by atoms with Crippen LogP contribution in [0.25, 0.3) is 22.3 Å². The van der Waals surface area contributed by atoms with Crippen LogP contribution in [0.3, 0.4) is 0 Å². The summed E-state index contributed by atoms with van der Waals surface area (Å²) in [4.78, 5) is 0. The van der Waals surface area contributed by atoms with E-state index in [-0.39, 0.29) is 17.5 Å². The standard InChI is InChI=1S/C35H41F3O/c1-3-5-7-9-11-25-13-22-33(39-24-25)31-21-19-29(23-32(31)36)26-14-16-27(17-15-26)30-20-18-28(34(37)35(30)38)12-10-8-6-4-2/h4,14-21,23,25,33H,2-3,5-13,22,24H2,1H3. The Morgan fingerprint density at radius 3 is 2.28 bits per heavy atom. The van der Waals surface area contributed by atoms with Crippen molar-refractivity contribution in [1.82, 2.24) is 0 Å². The summed E-state index contributed by atoms with van der Waals surface area (Å²) in [6.07, 6.45) is 12.9. The second kappa shape index (κ2) is 14.5. The number of halogens is 3. The van der Waals surface area contributed by atoms with Gasteiger partial charge >= 0.3 is 0 Å². The Kier molecular flexibility index (Phi) is 10.8. The summed E-state index contributed by atoms with van der Waals surface area (Å²) < 4.78 is 50.8. The molecule has 0 amide bonds. The molecule has 208 valence electrons. The molecule has 2 atom stereocenters. The first kappa shape index (κ1) is 29.1. The van der Waals surface area contributed by atoms with Gasteiger partial charge in [-0.25, -0.2) is 13.2 Å². The van der Waals surface area contributed by atoms with Gasteiger partial charge in [0.05, 0.1) is 12.7 Å². The van der Waals surface area contributed by atoms with Crippen molar-refractivity contribution in [2.24, 2.45) is 5.92 Å². The van der Waals surface area contributed by atoms with Crippen LogP contribution in [0.4, 0.5) is 13.2 Å². The van der Waals surface area contributed by atoms with E-state index in [0.29, 0.717) is 35.6 Å². The van der Waals surface area contributed by atoms with Crippen molar-refractivity contribution in [2.45, 2.75) is 83.7 Å². The summed E-state index contributed by atoms with van der Waals surface area (Å²) >= 11 is 0. The minimum atomic E-state index is -0.824. The highest BCUT2D eigenvalue weighted by Crippen LogP contribution is 2.36. The number of hydrogen-bond acceptors (Lipinski definition) is 1. The highest BCUT2D eigenvalue weighted by atomic mass is 19.2. The Morgan fingerprint density at radius 2 is 1.59 bits per heavy atom. The molecule has 0 aromatic heterocycles. The Morgan fingerprint density at radius 1 is 0.821 bits per heavy atom. The average molecular weight is 535 g/mol. The third-order valence-corrected chi connectivity index (χ3v) is 7.98. The number of hydrogen-bond donors (Lipinski definition) is 0. The van der Waals surface area contributed by atoms with Crippen molar-refractivity contribution in [3.63, 3.8) is 0 Å². The second-order valence-corrected chi connectivity index (χ2v) is 10.9. The summed E-state index contributed by atoms with van der Waals surface area (Å²) in [6, 6.07) is 15.8. The molecule has 0 saturated carbocycles. The zero-order valence-electron chi connectivity index (χ0n) is 23.2. The van der Waals surface area contributed by atoms with Gasteiger partial charge in [0.25, 0.3) is 0 Å². The molecule has 4 heteroatoms. The number of benzene rings is 3. The fourth-order valence-electron chi connectivity index (χ4n) is 5.56. The van der Waals surface area contributed by atoms with Crippen molar-refractivity contribution in [3.05, 3.63) is 95.8 Å². The van der Waals surface area contributed by atoms with Gasteiger partial charge in [-0.2, -0.15) is 0 Å². The molecule has 0 radical (unpaired) electrons. The van der Waals surface area contributed by atoms with Crippen molar-refractivity contribution in [2.75, 3.05) is 6.61 Å². The first-order valence-electron chi connectivity index (χ1n) is 14.6. The van der Waals surface area contributed by atoms with E-state index in [1.54, 1.807) is 30.3 Å². The smallest absolute Gasteiger partial charge is 0.166 e. The van der Waals surface area contributed by atoms with Crippen LogP contribution in [0.1, 0.15) is 88.4 Å². The van der Waals surface area contributed by atoms with Gasteiger partial charge in [-0.15, -0.1) is 6.58 Å². The van der Waals surface area contributed by atoms with Gasteiger partial charge < -0.3 is 4.74 Å². The highest BCUT2D eigenvalue weighted by molar-refractivity contribution is 5.71. The number of aryl methyl sites for hydroxylation is 1. The molecule has 1 fully saturated rings. The molecule has 0 bridgehead atoms. The molecule has 3 aromatic rings. The van der Waals surface area contributed by atoms with Crippen molar-refractivity contribution >= 4 is 0 Å². The van der Waals surface area contributed by atoms with Crippen LogP contribution in [0.2, 0.25) is 0 Å². The lowest BCUT2D eigenvalue weighted by Gasteiger charge is -2.29. The molecule has 1 saturated heterocycles. The van der Waals surface area contributed by atoms with Gasteiger partial charge in [-0.05, 0) is 79.2 Å². The molecular formula is C35H41F3O. The third kappa shape index (κ3) is 7.63. The minimum absolute atomic E-state index is 0.198. The van der Waals surface area contributed by atoms with Gasteiger partial charge in [0, 0.05) is 11.1 Å². The van der Waals surface area contributed by atoms with Crippen LogP contribution in [0.15, 0.2) is 67.3 Å². The molecule has 2 unspecified atom stereocenters. The van der Waals surface area contributed by atoms with Crippen LogP contribution in [-0.2, 0) is 11.2 Å². The van der Waals surface area contributed by atoms with E-state index < -0.39 is 11.6 Å². The van der Waals surface area contributed by atoms with Crippen LogP contribution >= 0.6 is 0 Å². The van der Waals surface area contributed by atoms with E-state index in [2.05, 4.69) is 13.5 Å². The van der Waals surface area contributed by atoms with Gasteiger partial charge in [0.15, 0.2) is 11.6 Å². The molecule has 1 aliphatic heterocycles. The van der Waals surface area contributed by atoms with Crippen LogP contribution in [0.5, 0.6) is 0 Å². The normalized spacial score (nSPS) is 17.3. The minimum Gasteiger partial charge on any atom is -0.373 e. The molecule has 0 spiro atoms. The summed E-state index contributed by atoms with van der Waals surface area (Å²) in [5.74, 6) is -1.29. The van der Waals surface area contributed by atoms with Crippen molar-refractivity contribution < 1.29 is 17.9 Å². The van der Waals surface area contributed by atoms with Gasteiger partial charge in [0.2, 0.25) is 0 Å². The first-order valence-corrected chi connectivity index (χ1v) is 14.6. The molecule has 1 nitrogen and oxygen atoms in total. The number of unbranched alkanes of at least 4 members (excludes halogenated alkanes) is 5. The summed E-state index contributed by atoms with van der Waals surface area (Å²) in [5.41, 5.74) is 3.40. The fraction of sp³-hybridized carbons (Fsp3) is 0.429. The largest absolute Gasteiger partial charge is 0.373 e. The first-order chi connectivity index (χ1) is 19.0. The monoisotopic (exact) mass is 534 g/mol. The van der Waals surface area contributed by atoms with Crippen molar-refractivity contribution in [1.29, 1.82) is 0 Å². The predicted molar refractivity (Wildman–Crippen MR) is 155 cm³/mol. The quantitative estimate of drug-likeness (QED) is 0.156. The number of allylic oxidation sites excluding steroid dienone is 1. The third-order valence-electron chi connectivity index (χ3n) is 7.98. The number of rotatable bonds is 13. The lowest BCUT2D eigenvalue weighted by molar-refractivity contribution is -0.0215. The molecule has 1 heterocycles. The van der Waals surface area contributed by atoms with E-state index >= 15 is 4.39 Å². The summed E-state index contributed by atoms with van der Waals surface area (Å²) in [7, 11) is 0. The van der Waals surface area contributed by atoms with Crippen molar-refractivity contribution in [3.8, 4) is 22.3 Å². The molecule has 4 rings (SSSR count). The second-order valence-electron chi connectivity index (χ2n) is 10.9. The zero-order chi connectivity index (χ0) is 27.6. The maximum Gasteiger partial charge on any atom is 0.166 e. The van der Waals surface area contributed by atoms with E-state index in [1.165, 1.54) is 32.1 Å². The van der Waals surface area contributed by atoms with Crippen LogP contribution in [-0.4, -0.2) is 6.61 Å². The molecule has 3 aromatic carbocycles. The average Bonchev–Trinajstić information content (AvgIpc) is 2.96. The van der Waals surface area contributed by atoms with Gasteiger partial charge in [-0.3, -0.25) is 0 Å². The molecule has 39 heavy (non-hydrogen) atoms. The van der Waals surface area contributed by atoms with E-state index in [1.807, 2.05) is 30.3 Å². The SMILES string of the molecule is C=CCCCCc1ccc(-c2ccc(-c3ccc(C4CCC(CCCCCC)CO4)c(F)c3)cc2)c(F)c1F. The highest BCUT2D eigenvalue weighted by Gasteiger charge is 2.25. The van der Waals surface area contributed by atoms with Crippen LogP contribution in [0, 0.1) is 23.4 Å². The lowest BCUT2D eigenvalue weighted by Crippen LogP contribution is -2.21. The Labute approximate surface area is 232 Å². The van der Waals surface area contributed by atoms with Gasteiger partial charge in [0.1, 0.15) is 5.82 Å². The summed E-state index contributed by atoms with van der Waals surface area (Å²) in [6.45, 7) is 6.61.